The van der Waals surface area contributed by atoms with Gasteiger partial charge in [-0.15, -0.1) is 0 Å². The molecule has 1 aliphatic rings. The summed E-state index contributed by atoms with van der Waals surface area (Å²) in [4.78, 5) is 0. The maximum Gasteiger partial charge on any atom is 0.163 e. The number of methoxy groups -OCH3 is 1. The molecule has 22 heavy (non-hydrogen) atoms. The molecule has 0 heterocycles. The molecule has 116 valence electrons. The molecule has 0 bridgehead atoms. The Morgan fingerprint density at radius 1 is 1.00 bits per heavy atom. The van der Waals surface area contributed by atoms with Crippen LogP contribution in [0, 0.1) is 0 Å². The second-order valence-electron chi connectivity index (χ2n) is 5.73. The minimum atomic E-state index is 0.332. The number of benzene rings is 2. The monoisotopic (exact) mass is 297 g/mol. The number of rotatable bonds is 6. The largest absolute Gasteiger partial charge is 0.493 e. The van der Waals surface area contributed by atoms with Gasteiger partial charge in [-0.1, -0.05) is 30.3 Å². The summed E-state index contributed by atoms with van der Waals surface area (Å²) in [6.45, 7) is 0.802. The third-order valence-electron chi connectivity index (χ3n) is 4.10. The molecule has 1 fully saturated rings. The summed E-state index contributed by atoms with van der Waals surface area (Å²) in [5.41, 5.74) is 2.31. The lowest BCUT2D eigenvalue weighted by Crippen LogP contribution is -2.12. The lowest BCUT2D eigenvalue weighted by atomic mass is 10.2. The normalized spacial score (nSPS) is 14.8. The highest BCUT2D eigenvalue weighted by atomic mass is 16.5. The van der Waals surface area contributed by atoms with E-state index in [1.807, 2.05) is 24.3 Å². The molecule has 1 N–H and O–H groups in total. The fraction of sp³-hybridized carbons (Fsp3) is 0.368. The van der Waals surface area contributed by atoms with Crippen molar-refractivity contribution in [2.75, 3.05) is 12.4 Å². The average molecular weight is 297 g/mol. The first-order chi connectivity index (χ1) is 10.8. The zero-order valence-corrected chi connectivity index (χ0v) is 13.0. The smallest absolute Gasteiger partial charge is 0.163 e. The van der Waals surface area contributed by atoms with Crippen molar-refractivity contribution in [1.29, 1.82) is 0 Å². The van der Waals surface area contributed by atoms with Crippen LogP contribution in [0.25, 0.3) is 0 Å². The summed E-state index contributed by atoms with van der Waals surface area (Å²) in [7, 11) is 1.69. The van der Waals surface area contributed by atoms with E-state index in [4.69, 9.17) is 9.47 Å². The third kappa shape index (κ3) is 3.73. The summed E-state index contributed by atoms with van der Waals surface area (Å²) >= 11 is 0. The highest BCUT2D eigenvalue weighted by Gasteiger charge is 2.18. The molecular weight excluding hydrogens is 274 g/mol. The fourth-order valence-corrected chi connectivity index (χ4v) is 2.86. The van der Waals surface area contributed by atoms with Gasteiger partial charge in [0, 0.05) is 18.3 Å². The van der Waals surface area contributed by atoms with Gasteiger partial charge >= 0.3 is 0 Å². The van der Waals surface area contributed by atoms with Crippen LogP contribution in [0.4, 0.5) is 5.69 Å². The predicted octanol–water partition coefficient (Wildman–Crippen LogP) is 4.63. The van der Waals surface area contributed by atoms with Crippen LogP contribution in [0.15, 0.2) is 48.5 Å². The van der Waals surface area contributed by atoms with Gasteiger partial charge in [0.2, 0.25) is 0 Å². The number of ether oxygens (including phenoxy) is 2. The van der Waals surface area contributed by atoms with E-state index in [-0.39, 0.29) is 0 Å². The Morgan fingerprint density at radius 2 is 1.77 bits per heavy atom. The zero-order valence-electron chi connectivity index (χ0n) is 13.0. The molecule has 2 aromatic carbocycles. The van der Waals surface area contributed by atoms with Gasteiger partial charge < -0.3 is 14.8 Å². The minimum absolute atomic E-state index is 0.332. The van der Waals surface area contributed by atoms with Gasteiger partial charge in [-0.05, 0) is 43.4 Å². The summed E-state index contributed by atoms with van der Waals surface area (Å²) in [5.74, 6) is 1.64. The molecule has 0 radical (unpaired) electrons. The van der Waals surface area contributed by atoms with Crippen LogP contribution in [0.5, 0.6) is 11.5 Å². The molecule has 0 saturated heterocycles. The van der Waals surface area contributed by atoms with Gasteiger partial charge in [-0.3, -0.25) is 0 Å². The minimum Gasteiger partial charge on any atom is -0.493 e. The Labute approximate surface area is 132 Å². The molecule has 0 spiro atoms. The first-order valence-electron chi connectivity index (χ1n) is 7.97. The molecule has 1 saturated carbocycles. The first kappa shape index (κ1) is 14.8. The first-order valence-corrected chi connectivity index (χ1v) is 7.97. The molecule has 0 atom stereocenters. The number of anilines is 1. The van der Waals surface area contributed by atoms with Gasteiger partial charge in [0.15, 0.2) is 11.5 Å². The topological polar surface area (TPSA) is 30.5 Å². The van der Waals surface area contributed by atoms with Crippen LogP contribution in [0.3, 0.4) is 0 Å². The third-order valence-corrected chi connectivity index (χ3v) is 4.10. The molecule has 0 aliphatic heterocycles. The van der Waals surface area contributed by atoms with E-state index in [0.29, 0.717) is 6.10 Å². The second-order valence-corrected chi connectivity index (χ2v) is 5.73. The maximum atomic E-state index is 6.13. The molecule has 3 nitrogen and oxygen atoms in total. The van der Waals surface area contributed by atoms with Gasteiger partial charge in [-0.25, -0.2) is 0 Å². The summed E-state index contributed by atoms with van der Waals surface area (Å²) in [6.07, 6.45) is 5.14. The van der Waals surface area contributed by atoms with E-state index in [9.17, 15) is 0 Å². The summed E-state index contributed by atoms with van der Waals surface area (Å²) < 4.78 is 11.5. The van der Waals surface area contributed by atoms with E-state index in [0.717, 1.165) is 36.6 Å². The van der Waals surface area contributed by atoms with Crippen LogP contribution in [-0.4, -0.2) is 13.2 Å². The van der Waals surface area contributed by atoms with Crippen LogP contribution < -0.4 is 14.8 Å². The van der Waals surface area contributed by atoms with E-state index in [1.54, 1.807) is 7.11 Å². The quantitative estimate of drug-likeness (QED) is 0.843. The molecule has 3 rings (SSSR count). The molecule has 0 amide bonds. The Bertz CT molecular complexity index is 592. The van der Waals surface area contributed by atoms with E-state index >= 15 is 0 Å². The Morgan fingerprint density at radius 3 is 2.50 bits per heavy atom. The van der Waals surface area contributed by atoms with Crippen LogP contribution in [0.2, 0.25) is 0 Å². The van der Waals surface area contributed by atoms with Crippen molar-refractivity contribution in [2.45, 2.75) is 38.3 Å². The SMILES string of the molecule is COc1ccc(NCc2ccccc2)cc1OC1CCCC1. The maximum absolute atomic E-state index is 6.13. The van der Waals surface area contributed by atoms with E-state index in [1.165, 1.54) is 18.4 Å². The van der Waals surface area contributed by atoms with Gasteiger partial charge in [-0.2, -0.15) is 0 Å². The zero-order chi connectivity index (χ0) is 15.2. The summed E-state index contributed by atoms with van der Waals surface area (Å²) in [6, 6.07) is 16.4. The molecule has 3 heteroatoms. The van der Waals surface area contributed by atoms with Crippen molar-refractivity contribution in [3.8, 4) is 11.5 Å². The van der Waals surface area contributed by atoms with Crippen molar-refractivity contribution in [2.24, 2.45) is 0 Å². The van der Waals surface area contributed by atoms with Crippen molar-refractivity contribution in [1.82, 2.24) is 0 Å². The van der Waals surface area contributed by atoms with Gasteiger partial charge in [0.05, 0.1) is 13.2 Å². The van der Waals surface area contributed by atoms with Crippen molar-refractivity contribution >= 4 is 5.69 Å². The average Bonchev–Trinajstić information content (AvgIpc) is 3.07. The molecular formula is C19H23NO2. The lowest BCUT2D eigenvalue weighted by Gasteiger charge is -2.17. The van der Waals surface area contributed by atoms with Crippen molar-refractivity contribution in [3.05, 3.63) is 54.1 Å². The molecule has 0 aromatic heterocycles. The Kier molecular flexibility index (Phi) is 4.84. The lowest BCUT2D eigenvalue weighted by molar-refractivity contribution is 0.201. The van der Waals surface area contributed by atoms with Crippen molar-refractivity contribution in [3.63, 3.8) is 0 Å². The van der Waals surface area contributed by atoms with E-state index in [2.05, 4.69) is 29.6 Å². The van der Waals surface area contributed by atoms with E-state index < -0.39 is 0 Å². The predicted molar refractivity (Wildman–Crippen MR) is 89.6 cm³/mol. The fourth-order valence-electron chi connectivity index (χ4n) is 2.86. The van der Waals surface area contributed by atoms with Crippen molar-refractivity contribution < 1.29 is 9.47 Å². The van der Waals surface area contributed by atoms with Gasteiger partial charge in [0.1, 0.15) is 0 Å². The second kappa shape index (κ2) is 7.21. The number of hydrogen-bond acceptors (Lipinski definition) is 3. The Balaban J connectivity index is 1.69. The van der Waals surface area contributed by atoms with Crippen LogP contribution in [-0.2, 0) is 6.54 Å². The highest BCUT2D eigenvalue weighted by Crippen LogP contribution is 2.34. The molecule has 2 aromatic rings. The molecule has 1 aliphatic carbocycles. The van der Waals surface area contributed by atoms with Crippen LogP contribution >= 0.6 is 0 Å². The summed E-state index contributed by atoms with van der Waals surface area (Å²) in [5, 5.41) is 3.44. The standard InChI is InChI=1S/C19H23NO2/c1-21-18-12-11-16(20-14-15-7-3-2-4-8-15)13-19(18)22-17-9-5-6-10-17/h2-4,7-8,11-13,17,20H,5-6,9-10,14H2,1H3. The Hall–Kier alpha value is -2.16. The highest BCUT2D eigenvalue weighted by molar-refractivity contribution is 5.55. The number of nitrogens with one attached hydrogen (secondary N) is 1. The van der Waals surface area contributed by atoms with Gasteiger partial charge in [0.25, 0.3) is 0 Å². The number of hydrogen-bond donors (Lipinski definition) is 1. The molecule has 0 unspecified atom stereocenters. The van der Waals surface area contributed by atoms with Crippen LogP contribution in [0.1, 0.15) is 31.2 Å².